The quantitative estimate of drug-likeness (QED) is 0.422. The van der Waals surface area contributed by atoms with Gasteiger partial charge in [0.15, 0.2) is 0 Å². The first-order valence-corrected chi connectivity index (χ1v) is 11.5. The lowest BCUT2D eigenvalue weighted by Crippen LogP contribution is -2.37. The van der Waals surface area contributed by atoms with Crippen LogP contribution < -0.4 is 15.2 Å². The molecule has 1 aromatic heterocycles. The lowest BCUT2D eigenvalue weighted by Gasteiger charge is -2.24. The van der Waals surface area contributed by atoms with E-state index in [1.807, 2.05) is 37.3 Å². The van der Waals surface area contributed by atoms with E-state index in [0.717, 1.165) is 21.9 Å². The third-order valence-corrected chi connectivity index (χ3v) is 6.01. The van der Waals surface area contributed by atoms with E-state index in [1.165, 1.54) is 0 Å². The van der Waals surface area contributed by atoms with Crippen molar-refractivity contribution in [2.75, 3.05) is 19.9 Å². The van der Waals surface area contributed by atoms with E-state index in [1.54, 1.807) is 24.5 Å². The largest absolute Gasteiger partial charge is 0.497 e. The SMILES string of the molecule is COc1cccc(OCC#Cc2ccc(CCC(C)(N)CCP(=O)(O)O)s2)c1. The van der Waals surface area contributed by atoms with Crippen molar-refractivity contribution in [1.29, 1.82) is 0 Å². The lowest BCUT2D eigenvalue weighted by molar-refractivity contribution is 0.354. The Morgan fingerprint density at radius 2 is 1.96 bits per heavy atom. The Bertz CT molecular complexity index is 878. The maximum atomic E-state index is 11.0. The minimum atomic E-state index is -4.01. The fraction of sp³-hybridized carbons (Fsp3) is 0.400. The smallest absolute Gasteiger partial charge is 0.325 e. The second kappa shape index (κ2) is 10.1. The molecule has 0 aliphatic heterocycles. The summed E-state index contributed by atoms with van der Waals surface area (Å²) < 4.78 is 21.8. The molecule has 0 aliphatic carbocycles. The number of ether oxygens (including phenoxy) is 2. The molecule has 2 rings (SSSR count). The number of rotatable bonds is 9. The van der Waals surface area contributed by atoms with Crippen LogP contribution in [0.5, 0.6) is 11.5 Å². The molecular formula is C20H26NO5PS. The van der Waals surface area contributed by atoms with Gasteiger partial charge in [0.05, 0.1) is 18.1 Å². The first-order valence-electron chi connectivity index (χ1n) is 8.85. The van der Waals surface area contributed by atoms with Gasteiger partial charge >= 0.3 is 7.60 Å². The second-order valence-corrected chi connectivity index (χ2v) is 9.77. The second-order valence-electron chi connectivity index (χ2n) is 6.83. The van der Waals surface area contributed by atoms with Gasteiger partial charge in [-0.05, 0) is 50.5 Å². The number of nitrogens with two attached hydrogens (primary N) is 1. The van der Waals surface area contributed by atoms with E-state index in [0.29, 0.717) is 12.2 Å². The van der Waals surface area contributed by atoms with Gasteiger partial charge in [0.2, 0.25) is 0 Å². The Hall–Kier alpha value is -1.81. The summed E-state index contributed by atoms with van der Waals surface area (Å²) in [5.41, 5.74) is 5.55. The monoisotopic (exact) mass is 423 g/mol. The molecule has 0 saturated carbocycles. The molecule has 1 atom stereocenters. The summed E-state index contributed by atoms with van der Waals surface area (Å²) in [4.78, 5) is 20.1. The highest BCUT2D eigenvalue weighted by atomic mass is 32.1. The van der Waals surface area contributed by atoms with Gasteiger partial charge in [-0.15, -0.1) is 11.3 Å². The van der Waals surface area contributed by atoms with E-state index in [4.69, 9.17) is 25.0 Å². The van der Waals surface area contributed by atoms with Crippen LogP contribution >= 0.6 is 18.9 Å². The molecule has 0 fully saturated rings. The molecule has 1 unspecified atom stereocenters. The van der Waals surface area contributed by atoms with Gasteiger partial charge < -0.3 is 25.0 Å². The zero-order chi connectivity index (χ0) is 20.6. The summed E-state index contributed by atoms with van der Waals surface area (Å²) >= 11 is 1.59. The highest BCUT2D eigenvalue weighted by Gasteiger charge is 2.23. The van der Waals surface area contributed by atoms with Crippen LogP contribution in [-0.2, 0) is 11.0 Å². The molecule has 2 aromatic rings. The maximum absolute atomic E-state index is 11.0. The van der Waals surface area contributed by atoms with Crippen LogP contribution in [0.4, 0.5) is 0 Å². The first-order chi connectivity index (χ1) is 13.2. The summed E-state index contributed by atoms with van der Waals surface area (Å²) in [6, 6.07) is 11.3. The molecule has 8 heteroatoms. The Labute approximate surface area is 169 Å². The Balaban J connectivity index is 1.80. The Morgan fingerprint density at radius 3 is 2.68 bits per heavy atom. The van der Waals surface area contributed by atoms with Crippen molar-refractivity contribution in [2.45, 2.75) is 31.7 Å². The van der Waals surface area contributed by atoms with E-state index in [2.05, 4.69) is 11.8 Å². The standard InChI is InChI=1S/C20H26NO5PS/c1-20(21,12-14-27(22,23)24)11-10-19-9-8-18(28-19)7-4-13-26-17-6-3-5-16(15-17)25-2/h3,5-6,8-9,15H,10-14,21H2,1-2H3,(H2,22,23,24). The number of methoxy groups -OCH3 is 1. The topological polar surface area (TPSA) is 102 Å². The molecule has 6 nitrogen and oxygen atoms in total. The molecule has 1 aromatic carbocycles. The zero-order valence-electron chi connectivity index (χ0n) is 16.1. The average Bonchev–Trinajstić information content (AvgIpc) is 3.10. The van der Waals surface area contributed by atoms with Crippen molar-refractivity contribution < 1.29 is 23.8 Å². The average molecular weight is 423 g/mol. The normalized spacial score (nSPS) is 13.3. The minimum absolute atomic E-state index is 0.186. The third-order valence-electron chi connectivity index (χ3n) is 4.14. The van der Waals surface area contributed by atoms with Crippen molar-refractivity contribution in [3.8, 4) is 23.3 Å². The zero-order valence-corrected chi connectivity index (χ0v) is 17.8. The van der Waals surface area contributed by atoms with Crippen LogP contribution in [0.25, 0.3) is 0 Å². The first kappa shape index (κ1) is 22.5. The van der Waals surface area contributed by atoms with E-state index >= 15 is 0 Å². The number of aryl methyl sites for hydroxylation is 1. The fourth-order valence-corrected chi connectivity index (χ4v) is 4.13. The molecule has 0 saturated heterocycles. The van der Waals surface area contributed by atoms with Crippen LogP contribution in [0, 0.1) is 11.8 Å². The molecule has 0 spiro atoms. The number of thiophene rings is 1. The fourth-order valence-electron chi connectivity index (χ4n) is 2.45. The minimum Gasteiger partial charge on any atom is -0.497 e. The molecule has 0 radical (unpaired) electrons. The maximum Gasteiger partial charge on any atom is 0.325 e. The van der Waals surface area contributed by atoms with Crippen molar-refractivity contribution in [1.82, 2.24) is 0 Å². The summed E-state index contributed by atoms with van der Waals surface area (Å²) in [5, 5.41) is 0. The molecule has 28 heavy (non-hydrogen) atoms. The summed E-state index contributed by atoms with van der Waals surface area (Å²) in [5.74, 6) is 7.52. The Morgan fingerprint density at radius 1 is 1.21 bits per heavy atom. The highest BCUT2D eigenvalue weighted by Crippen LogP contribution is 2.37. The molecule has 0 amide bonds. The molecule has 0 bridgehead atoms. The van der Waals surface area contributed by atoms with Crippen LogP contribution in [-0.4, -0.2) is 35.2 Å². The van der Waals surface area contributed by atoms with Gasteiger partial charge in [0, 0.05) is 16.5 Å². The van der Waals surface area contributed by atoms with Gasteiger partial charge in [0.25, 0.3) is 0 Å². The van der Waals surface area contributed by atoms with Gasteiger partial charge in [0.1, 0.15) is 18.1 Å². The van der Waals surface area contributed by atoms with Crippen LogP contribution in [0.3, 0.4) is 0 Å². The molecule has 0 aliphatic rings. The highest BCUT2D eigenvalue weighted by molar-refractivity contribution is 7.51. The Kier molecular flexibility index (Phi) is 8.11. The van der Waals surface area contributed by atoms with Gasteiger partial charge in [-0.25, -0.2) is 0 Å². The van der Waals surface area contributed by atoms with Crippen molar-refractivity contribution in [2.24, 2.45) is 5.73 Å². The van der Waals surface area contributed by atoms with Gasteiger partial charge in [-0.3, -0.25) is 4.57 Å². The van der Waals surface area contributed by atoms with Crippen LogP contribution in [0.15, 0.2) is 36.4 Å². The van der Waals surface area contributed by atoms with E-state index < -0.39 is 13.1 Å². The van der Waals surface area contributed by atoms with Gasteiger partial charge in [-0.1, -0.05) is 17.9 Å². The molecule has 152 valence electrons. The predicted octanol–water partition coefficient (Wildman–Crippen LogP) is 3.41. The van der Waals surface area contributed by atoms with Crippen molar-refractivity contribution in [3.63, 3.8) is 0 Å². The van der Waals surface area contributed by atoms with E-state index in [9.17, 15) is 4.57 Å². The number of benzene rings is 1. The predicted molar refractivity (Wildman–Crippen MR) is 112 cm³/mol. The lowest BCUT2D eigenvalue weighted by atomic mass is 9.94. The summed E-state index contributed by atoms with van der Waals surface area (Å²) in [6.45, 7) is 2.11. The molecule has 1 heterocycles. The van der Waals surface area contributed by atoms with Crippen molar-refractivity contribution >= 4 is 18.9 Å². The molecule has 4 N–H and O–H groups in total. The summed E-state index contributed by atoms with van der Waals surface area (Å²) in [6.07, 6.45) is 1.51. The number of hydrogen-bond donors (Lipinski definition) is 3. The van der Waals surface area contributed by atoms with Gasteiger partial charge in [-0.2, -0.15) is 0 Å². The van der Waals surface area contributed by atoms with Crippen molar-refractivity contribution in [3.05, 3.63) is 46.2 Å². The van der Waals surface area contributed by atoms with Crippen LogP contribution in [0.2, 0.25) is 0 Å². The summed E-state index contributed by atoms with van der Waals surface area (Å²) in [7, 11) is -2.40. The number of hydrogen-bond acceptors (Lipinski definition) is 5. The van der Waals surface area contributed by atoms with Crippen LogP contribution in [0.1, 0.15) is 29.5 Å². The van der Waals surface area contributed by atoms with E-state index in [-0.39, 0.29) is 19.2 Å². The third kappa shape index (κ3) is 8.47. The molecular weight excluding hydrogens is 397 g/mol.